The van der Waals surface area contributed by atoms with Crippen molar-refractivity contribution in [1.82, 2.24) is 0 Å². The first-order chi connectivity index (χ1) is 21.3. The first kappa shape index (κ1) is 33.7. The number of esters is 1. The zero-order valence-corrected chi connectivity index (χ0v) is 25.9. The Hall–Kier alpha value is -2.17. The number of fused-ring (bicyclic) bond motifs is 1. The van der Waals surface area contributed by atoms with Crippen molar-refractivity contribution in [2.24, 2.45) is 23.2 Å². The summed E-state index contributed by atoms with van der Waals surface area (Å²) in [4.78, 5) is 13.4. The number of ether oxygens (including phenoxy) is 2. The number of hydrogen-bond donors (Lipinski definition) is 0. The Kier molecular flexibility index (Phi) is 8.41. The fourth-order valence-electron chi connectivity index (χ4n) is 8.22. The molecule has 5 fully saturated rings. The fraction of sp³-hybridized carbons (Fsp3) is 0.633. The maximum atomic E-state index is 15.9. The normalized spacial score (nSPS) is 33.6. The van der Waals surface area contributed by atoms with Crippen molar-refractivity contribution in [1.29, 1.82) is 0 Å². The van der Waals surface area contributed by atoms with Gasteiger partial charge in [-0.1, -0.05) is 46.7 Å². The third kappa shape index (κ3) is 6.23. The molecule has 2 aromatic rings. The van der Waals surface area contributed by atoms with Crippen LogP contribution in [0.1, 0.15) is 44.9 Å². The Labute approximate surface area is 261 Å². The van der Waals surface area contributed by atoms with Gasteiger partial charge in [0.2, 0.25) is 0 Å². The molecule has 0 N–H and O–H groups in total. The molecule has 4 saturated carbocycles. The molecule has 5 aliphatic rings. The molecule has 7 rings (SSSR count). The quantitative estimate of drug-likeness (QED) is 0.195. The van der Waals surface area contributed by atoms with Gasteiger partial charge in [-0.3, -0.25) is 4.79 Å². The number of alkyl halides is 8. The summed E-state index contributed by atoms with van der Waals surface area (Å²) in [6.45, 7) is -1.71. The summed E-state index contributed by atoms with van der Waals surface area (Å²) in [5, 5.41) is -4.95. The summed E-state index contributed by atoms with van der Waals surface area (Å²) in [6, 6.07) is 10.7. The molecule has 0 radical (unpaired) electrons. The number of hydrogen-bond acceptors (Lipinski definition) is 6. The molecule has 1 saturated heterocycles. The highest BCUT2D eigenvalue weighted by Gasteiger charge is 2.69. The zero-order valence-electron chi connectivity index (χ0n) is 24.3. The average molecular weight is 705 g/mol. The predicted molar refractivity (Wildman–Crippen MR) is 151 cm³/mol. The molecule has 3 unspecified atom stereocenters. The molecule has 0 aromatic heterocycles. The smallest absolute Gasteiger partial charge is 0.432 e. The minimum Gasteiger partial charge on any atom is -0.444 e. The SMILES string of the molecule is O=C(OC(C(F)(F)F)C(F)(F)S(=O)(=O)OS1(c2cccc3ccccc23)CCC(OCC(F)(F)F)C1)C12CC3CC(CC(C3)C1)C2. The van der Waals surface area contributed by atoms with Gasteiger partial charge in [-0.05, 0) is 79.5 Å². The Morgan fingerprint density at radius 1 is 0.891 bits per heavy atom. The van der Waals surface area contributed by atoms with E-state index in [0.717, 1.165) is 19.3 Å². The number of carbonyl (C=O) groups is 1. The highest BCUT2D eigenvalue weighted by atomic mass is 32.3. The molecule has 0 amide bonds. The van der Waals surface area contributed by atoms with Crippen molar-refractivity contribution in [2.75, 3.05) is 18.1 Å². The van der Waals surface area contributed by atoms with E-state index in [1.807, 2.05) is 0 Å². The molecule has 4 bridgehead atoms. The molecule has 256 valence electrons. The third-order valence-corrected chi connectivity index (χ3v) is 15.3. The zero-order chi connectivity index (χ0) is 33.3. The van der Waals surface area contributed by atoms with Crippen LogP contribution in [0.3, 0.4) is 0 Å². The second-order valence-electron chi connectivity index (χ2n) is 13.1. The van der Waals surface area contributed by atoms with E-state index in [2.05, 4.69) is 4.74 Å². The van der Waals surface area contributed by atoms with Gasteiger partial charge < -0.3 is 9.47 Å². The lowest BCUT2D eigenvalue weighted by Crippen LogP contribution is -2.56. The van der Waals surface area contributed by atoms with Crippen LogP contribution >= 0.6 is 10.3 Å². The van der Waals surface area contributed by atoms with E-state index in [-0.39, 0.29) is 54.1 Å². The standard InChI is InChI=1S/C30H32F8O6S2/c31-28(32,33)17-42-22-8-9-45(16-22,24-7-3-5-21-4-1-2-6-23(21)24)44-46(40,41)30(37,38)25(29(34,35)36)43-26(39)27-13-18-10-19(14-27)12-20(11-18)15-27/h1-7,18-20,22,25H,8-17H2. The summed E-state index contributed by atoms with van der Waals surface area (Å²) in [6.07, 6.45) is -13.7. The number of halogens is 8. The highest BCUT2D eigenvalue weighted by molar-refractivity contribution is 8.33. The largest absolute Gasteiger partial charge is 0.444 e. The van der Waals surface area contributed by atoms with Crippen LogP contribution in [0.15, 0.2) is 47.4 Å². The second-order valence-corrected chi connectivity index (χ2v) is 17.9. The van der Waals surface area contributed by atoms with Crippen LogP contribution in [0.4, 0.5) is 35.1 Å². The van der Waals surface area contributed by atoms with Crippen LogP contribution < -0.4 is 0 Å². The Balaban J connectivity index is 1.33. The van der Waals surface area contributed by atoms with Gasteiger partial charge in [0.1, 0.15) is 6.61 Å². The summed E-state index contributed by atoms with van der Waals surface area (Å²) in [7, 11) is -10.1. The van der Waals surface area contributed by atoms with E-state index in [9.17, 15) is 39.6 Å². The monoisotopic (exact) mass is 704 g/mol. The maximum Gasteiger partial charge on any atom is 0.432 e. The van der Waals surface area contributed by atoms with E-state index in [1.54, 1.807) is 24.3 Å². The Morgan fingerprint density at radius 2 is 1.48 bits per heavy atom. The molecule has 4 aliphatic carbocycles. The van der Waals surface area contributed by atoms with Crippen molar-refractivity contribution in [3.8, 4) is 0 Å². The third-order valence-electron chi connectivity index (χ3n) is 9.71. The summed E-state index contributed by atoms with van der Waals surface area (Å²) >= 11 is 0. The van der Waals surface area contributed by atoms with E-state index in [1.165, 1.54) is 18.2 Å². The van der Waals surface area contributed by atoms with Crippen molar-refractivity contribution >= 4 is 37.2 Å². The van der Waals surface area contributed by atoms with Crippen LogP contribution in [0.25, 0.3) is 10.8 Å². The van der Waals surface area contributed by atoms with Gasteiger partial charge in [0.05, 0.1) is 11.5 Å². The predicted octanol–water partition coefficient (Wildman–Crippen LogP) is 7.90. The van der Waals surface area contributed by atoms with Gasteiger partial charge in [-0.25, -0.2) is 3.63 Å². The molecule has 1 aliphatic heterocycles. The minimum atomic E-state index is -6.54. The van der Waals surface area contributed by atoms with Crippen LogP contribution in [0.5, 0.6) is 0 Å². The maximum absolute atomic E-state index is 15.9. The molecule has 2 aromatic carbocycles. The molecular weight excluding hydrogens is 672 g/mol. The van der Waals surface area contributed by atoms with Gasteiger partial charge in [0, 0.05) is 16.4 Å². The number of rotatable bonds is 9. The van der Waals surface area contributed by atoms with Crippen molar-refractivity contribution < 1.29 is 61.4 Å². The van der Waals surface area contributed by atoms with E-state index >= 15 is 8.78 Å². The highest BCUT2D eigenvalue weighted by Crippen LogP contribution is 2.66. The Morgan fingerprint density at radius 3 is 2.07 bits per heavy atom. The topological polar surface area (TPSA) is 78.9 Å². The second kappa shape index (κ2) is 11.5. The first-order valence-corrected chi connectivity index (χ1v) is 18.2. The van der Waals surface area contributed by atoms with Gasteiger partial charge in [-0.2, -0.15) is 43.5 Å². The van der Waals surface area contributed by atoms with Gasteiger partial charge >= 0.3 is 33.7 Å². The average Bonchev–Trinajstić information content (AvgIpc) is 3.35. The van der Waals surface area contributed by atoms with Gasteiger partial charge in [0.25, 0.3) is 6.10 Å². The molecule has 6 nitrogen and oxygen atoms in total. The van der Waals surface area contributed by atoms with Gasteiger partial charge in [-0.15, -0.1) is 0 Å². The lowest BCUT2D eigenvalue weighted by Gasteiger charge is -2.55. The van der Waals surface area contributed by atoms with Crippen LogP contribution in [-0.4, -0.2) is 62.3 Å². The lowest BCUT2D eigenvalue weighted by molar-refractivity contribution is -0.266. The molecule has 1 heterocycles. The van der Waals surface area contributed by atoms with Crippen molar-refractivity contribution in [2.45, 2.75) is 79.7 Å². The number of benzene rings is 2. The molecule has 0 spiro atoms. The van der Waals surface area contributed by atoms with E-state index in [4.69, 9.17) is 8.37 Å². The Bertz CT molecular complexity index is 1550. The van der Waals surface area contributed by atoms with Crippen LogP contribution in [-0.2, 0) is 28.0 Å². The lowest BCUT2D eigenvalue weighted by atomic mass is 9.49. The minimum absolute atomic E-state index is 0.0507. The van der Waals surface area contributed by atoms with Crippen LogP contribution in [0.2, 0.25) is 0 Å². The molecule has 46 heavy (non-hydrogen) atoms. The molecule has 3 atom stereocenters. The summed E-state index contributed by atoms with van der Waals surface area (Å²) < 4.78 is 155. The van der Waals surface area contributed by atoms with Crippen molar-refractivity contribution in [3.63, 3.8) is 0 Å². The summed E-state index contributed by atoms with van der Waals surface area (Å²) in [5.74, 6) is -2.33. The van der Waals surface area contributed by atoms with E-state index < -0.39 is 74.0 Å². The molecular formula is C30H32F8O6S2. The van der Waals surface area contributed by atoms with E-state index in [0.29, 0.717) is 10.8 Å². The first-order valence-electron chi connectivity index (χ1n) is 14.9. The van der Waals surface area contributed by atoms with Gasteiger partial charge in [0.15, 0.2) is 0 Å². The van der Waals surface area contributed by atoms with Crippen molar-refractivity contribution in [3.05, 3.63) is 42.5 Å². The van der Waals surface area contributed by atoms with Crippen LogP contribution in [0, 0.1) is 23.2 Å². The fourth-order valence-corrected chi connectivity index (χ4v) is 14.2. The summed E-state index contributed by atoms with van der Waals surface area (Å²) in [5.41, 5.74) is -1.40. The number of carbonyl (C=O) groups excluding carboxylic acids is 1. The molecule has 16 heteroatoms.